The van der Waals surface area contributed by atoms with Crippen LogP contribution in [0.2, 0.25) is 0 Å². The fraction of sp³-hybridized carbons (Fsp3) is 0.231. The highest BCUT2D eigenvalue weighted by molar-refractivity contribution is 7.71. The van der Waals surface area contributed by atoms with Gasteiger partial charge in [0.05, 0.1) is 6.04 Å². The molecule has 0 radical (unpaired) electrons. The quantitative estimate of drug-likeness (QED) is 0.754. The van der Waals surface area contributed by atoms with E-state index in [1.165, 1.54) is 4.88 Å². The van der Waals surface area contributed by atoms with E-state index in [1.54, 1.807) is 23.7 Å². The van der Waals surface area contributed by atoms with Gasteiger partial charge in [0.1, 0.15) is 5.01 Å². The number of nitrogens with zero attached hydrogens (tertiary/aromatic N) is 4. The first-order valence-corrected chi connectivity index (χ1v) is 7.39. The van der Waals surface area contributed by atoms with Crippen LogP contribution < -0.4 is 0 Å². The van der Waals surface area contributed by atoms with Crippen LogP contribution in [0.4, 0.5) is 0 Å². The van der Waals surface area contributed by atoms with Gasteiger partial charge in [-0.25, -0.2) is 4.98 Å². The zero-order valence-corrected chi connectivity index (χ0v) is 12.7. The summed E-state index contributed by atoms with van der Waals surface area (Å²) in [6.45, 7) is 4.12. The van der Waals surface area contributed by atoms with Gasteiger partial charge >= 0.3 is 0 Å². The molecule has 3 aromatic rings. The van der Waals surface area contributed by atoms with Crippen LogP contribution in [0, 0.1) is 11.7 Å². The van der Waals surface area contributed by atoms with E-state index in [0.29, 0.717) is 4.77 Å². The van der Waals surface area contributed by atoms with Crippen molar-refractivity contribution in [3.8, 4) is 11.4 Å². The van der Waals surface area contributed by atoms with Gasteiger partial charge in [-0.1, -0.05) is 0 Å². The molecule has 20 heavy (non-hydrogen) atoms. The van der Waals surface area contributed by atoms with Crippen molar-refractivity contribution in [2.75, 3.05) is 0 Å². The van der Waals surface area contributed by atoms with Gasteiger partial charge in [0.25, 0.3) is 0 Å². The van der Waals surface area contributed by atoms with E-state index < -0.39 is 0 Å². The van der Waals surface area contributed by atoms with Crippen molar-refractivity contribution in [1.29, 1.82) is 0 Å². The summed E-state index contributed by atoms with van der Waals surface area (Å²) in [4.78, 5) is 9.76. The molecule has 1 N–H and O–H groups in total. The van der Waals surface area contributed by atoms with Crippen molar-refractivity contribution in [1.82, 2.24) is 24.7 Å². The number of pyridine rings is 1. The molecule has 7 heteroatoms. The highest BCUT2D eigenvalue weighted by Gasteiger charge is 2.18. The lowest BCUT2D eigenvalue weighted by Gasteiger charge is -2.12. The first kappa shape index (κ1) is 13.1. The average molecular weight is 303 g/mol. The Morgan fingerprint density at radius 3 is 2.90 bits per heavy atom. The SMILES string of the molecule is Cc1cnc(C(C)n2c(-c3cccnc3)n[nH]c2=S)s1. The van der Waals surface area contributed by atoms with Gasteiger partial charge in [-0.2, -0.15) is 5.10 Å². The lowest BCUT2D eigenvalue weighted by molar-refractivity contribution is 0.631. The summed E-state index contributed by atoms with van der Waals surface area (Å²) in [6.07, 6.45) is 5.40. The van der Waals surface area contributed by atoms with Crippen LogP contribution in [0.15, 0.2) is 30.7 Å². The monoisotopic (exact) mass is 303 g/mol. The summed E-state index contributed by atoms with van der Waals surface area (Å²) in [5.41, 5.74) is 0.931. The predicted octanol–water partition coefficient (Wildman–Crippen LogP) is 3.38. The summed E-state index contributed by atoms with van der Waals surface area (Å²) in [5.74, 6) is 0.781. The number of aromatic amines is 1. The molecule has 0 bridgehead atoms. The molecule has 0 saturated carbocycles. The third-order valence-electron chi connectivity index (χ3n) is 3.01. The summed E-state index contributed by atoms with van der Waals surface area (Å²) in [6, 6.07) is 3.89. The Kier molecular flexibility index (Phi) is 3.45. The first-order valence-electron chi connectivity index (χ1n) is 6.16. The standard InChI is InChI=1S/C13H13N5S2/c1-8-6-15-12(20-8)9(2)18-11(16-17-13(18)19)10-4-3-5-14-7-10/h3-7,9H,1-2H3,(H,17,19). The zero-order valence-electron chi connectivity index (χ0n) is 11.1. The molecule has 0 amide bonds. The van der Waals surface area contributed by atoms with Crippen LogP contribution in [0.3, 0.4) is 0 Å². The Balaban J connectivity index is 2.10. The van der Waals surface area contributed by atoms with Crippen molar-refractivity contribution < 1.29 is 0 Å². The maximum Gasteiger partial charge on any atom is 0.196 e. The van der Waals surface area contributed by atoms with Crippen molar-refractivity contribution in [2.45, 2.75) is 19.9 Å². The minimum atomic E-state index is 0.0372. The minimum absolute atomic E-state index is 0.0372. The van der Waals surface area contributed by atoms with E-state index in [2.05, 4.69) is 27.1 Å². The van der Waals surface area contributed by atoms with Gasteiger partial charge in [0.2, 0.25) is 0 Å². The van der Waals surface area contributed by atoms with E-state index >= 15 is 0 Å². The molecule has 0 saturated heterocycles. The predicted molar refractivity (Wildman–Crippen MR) is 81.3 cm³/mol. The zero-order chi connectivity index (χ0) is 14.1. The summed E-state index contributed by atoms with van der Waals surface area (Å²) in [7, 11) is 0. The summed E-state index contributed by atoms with van der Waals surface area (Å²) >= 11 is 7.03. The van der Waals surface area contributed by atoms with E-state index in [-0.39, 0.29) is 6.04 Å². The molecule has 1 atom stereocenters. The molecule has 1 unspecified atom stereocenters. The van der Waals surface area contributed by atoms with Crippen LogP contribution >= 0.6 is 23.6 Å². The molecule has 0 aliphatic rings. The first-order chi connectivity index (χ1) is 9.66. The lowest BCUT2D eigenvalue weighted by Crippen LogP contribution is -2.08. The van der Waals surface area contributed by atoms with Gasteiger partial charge < -0.3 is 0 Å². The molecule has 102 valence electrons. The molecule has 3 rings (SSSR count). The molecule has 0 fully saturated rings. The van der Waals surface area contributed by atoms with Crippen LogP contribution in [0.25, 0.3) is 11.4 Å². The number of hydrogen-bond acceptors (Lipinski definition) is 5. The number of H-pyrrole nitrogens is 1. The molecule has 5 nitrogen and oxygen atoms in total. The minimum Gasteiger partial charge on any atom is -0.290 e. The third kappa shape index (κ3) is 2.30. The van der Waals surface area contributed by atoms with Crippen LogP contribution in [-0.2, 0) is 0 Å². The summed E-state index contributed by atoms with van der Waals surface area (Å²) < 4.78 is 2.56. The van der Waals surface area contributed by atoms with Crippen molar-refractivity contribution >= 4 is 23.6 Å². The molecule has 3 heterocycles. The number of rotatable bonds is 3. The molecule has 3 aromatic heterocycles. The Labute approximate surface area is 125 Å². The van der Waals surface area contributed by atoms with Crippen molar-refractivity contribution in [3.05, 3.63) is 45.4 Å². The van der Waals surface area contributed by atoms with E-state index in [9.17, 15) is 0 Å². The number of aromatic nitrogens is 5. The molecule has 0 spiro atoms. The fourth-order valence-electron chi connectivity index (χ4n) is 2.04. The highest BCUT2D eigenvalue weighted by atomic mass is 32.1. The van der Waals surface area contributed by atoms with Gasteiger partial charge in [-0.15, -0.1) is 11.3 Å². The maximum absolute atomic E-state index is 5.36. The third-order valence-corrected chi connectivity index (χ3v) is 4.38. The Morgan fingerprint density at radius 1 is 1.40 bits per heavy atom. The molecule has 0 aromatic carbocycles. The number of thiazole rings is 1. The van der Waals surface area contributed by atoms with Crippen molar-refractivity contribution in [3.63, 3.8) is 0 Å². The Bertz CT molecular complexity index is 771. The maximum atomic E-state index is 5.36. The molecule has 0 aliphatic carbocycles. The van der Waals surface area contributed by atoms with Gasteiger partial charge in [-0.05, 0) is 38.2 Å². The Morgan fingerprint density at radius 2 is 2.25 bits per heavy atom. The molecular weight excluding hydrogens is 290 g/mol. The normalized spacial score (nSPS) is 12.5. The van der Waals surface area contributed by atoms with E-state index in [1.807, 2.05) is 29.8 Å². The van der Waals surface area contributed by atoms with E-state index in [0.717, 1.165) is 16.4 Å². The smallest absolute Gasteiger partial charge is 0.196 e. The number of aryl methyl sites for hydroxylation is 1. The highest BCUT2D eigenvalue weighted by Crippen LogP contribution is 2.27. The molecular formula is C13H13N5S2. The largest absolute Gasteiger partial charge is 0.290 e. The van der Waals surface area contributed by atoms with Gasteiger partial charge in [-0.3, -0.25) is 14.6 Å². The second-order valence-electron chi connectivity index (χ2n) is 4.45. The second kappa shape index (κ2) is 5.26. The summed E-state index contributed by atoms with van der Waals surface area (Å²) in [5, 5.41) is 8.20. The van der Waals surface area contributed by atoms with Crippen LogP contribution in [0.5, 0.6) is 0 Å². The number of nitrogens with one attached hydrogen (secondary N) is 1. The Hall–Kier alpha value is -1.86. The number of hydrogen-bond donors (Lipinski definition) is 1. The van der Waals surface area contributed by atoms with Gasteiger partial charge in [0, 0.05) is 29.0 Å². The lowest BCUT2D eigenvalue weighted by atomic mass is 10.2. The topological polar surface area (TPSA) is 59.4 Å². The van der Waals surface area contributed by atoms with Crippen LogP contribution in [-0.4, -0.2) is 24.7 Å². The fourth-order valence-corrected chi connectivity index (χ4v) is 3.15. The second-order valence-corrected chi connectivity index (χ2v) is 6.10. The van der Waals surface area contributed by atoms with Crippen LogP contribution in [0.1, 0.15) is 22.9 Å². The molecule has 0 aliphatic heterocycles. The average Bonchev–Trinajstić information content (AvgIpc) is 3.05. The van der Waals surface area contributed by atoms with Crippen molar-refractivity contribution in [2.24, 2.45) is 0 Å². The van der Waals surface area contributed by atoms with E-state index in [4.69, 9.17) is 12.2 Å². The van der Waals surface area contributed by atoms with Gasteiger partial charge in [0.15, 0.2) is 10.6 Å².